The maximum atomic E-state index is 15.2. The van der Waals surface area contributed by atoms with E-state index in [0.29, 0.717) is 21.5 Å². The molecule has 8 saturated heterocycles. The average molecular weight is 1970 g/mol. The Morgan fingerprint density at radius 3 is 1.05 bits per heavy atom. The van der Waals surface area contributed by atoms with Gasteiger partial charge in [0.1, 0.15) is 171 Å². The zero-order chi connectivity index (χ0) is 100. The van der Waals surface area contributed by atoms with Crippen LogP contribution in [0.5, 0.6) is 0 Å². The molecule has 8 heterocycles. The molecule has 8 aliphatic heterocycles. The van der Waals surface area contributed by atoms with Crippen molar-refractivity contribution in [2.75, 3.05) is 39.6 Å². The number of hydrogen-bond acceptors (Lipinski definition) is 44. The third-order valence-electron chi connectivity index (χ3n) is 25.5. The second-order valence-corrected chi connectivity index (χ2v) is 35.1. The molecule has 5 aromatic rings. The Bertz CT molecular complexity index is 4630. The van der Waals surface area contributed by atoms with Gasteiger partial charge >= 0.3 is 11.9 Å². The van der Waals surface area contributed by atoms with Crippen LogP contribution in [0, 0.1) is 0 Å². The van der Waals surface area contributed by atoms with Crippen LogP contribution < -0.4 is 21.3 Å². The van der Waals surface area contributed by atoms with Crippen LogP contribution in [0.2, 0.25) is 0 Å². The van der Waals surface area contributed by atoms with Gasteiger partial charge in [-0.1, -0.05) is 84.9 Å². The zero-order valence-electron chi connectivity index (χ0n) is 74.3. The second-order valence-electron chi connectivity index (χ2n) is 35.1. The van der Waals surface area contributed by atoms with Gasteiger partial charge < -0.3 is 220 Å². The van der Waals surface area contributed by atoms with Crippen LogP contribution in [-0.2, 0) is 108 Å². The maximum absolute atomic E-state index is 15.2. The Morgan fingerprint density at radius 2 is 0.710 bits per heavy atom. The van der Waals surface area contributed by atoms with E-state index in [9.17, 15) is 142 Å². The van der Waals surface area contributed by atoms with Crippen molar-refractivity contribution in [3.05, 3.63) is 131 Å². The monoisotopic (exact) mass is 1970 g/mol. The van der Waals surface area contributed by atoms with Crippen molar-refractivity contribution in [2.45, 2.75) is 310 Å². The molecule has 50 heteroatoms. The Labute approximate surface area is 784 Å². The van der Waals surface area contributed by atoms with Gasteiger partial charge in [-0.15, -0.1) is 0 Å². The highest BCUT2D eigenvalue weighted by Gasteiger charge is 2.65. The van der Waals surface area contributed by atoms with E-state index in [4.69, 9.17) is 75.8 Å². The predicted molar refractivity (Wildman–Crippen MR) is 453 cm³/mol. The molecule has 0 radical (unpaired) electrons. The van der Waals surface area contributed by atoms with Crippen molar-refractivity contribution in [1.82, 2.24) is 21.3 Å². The fourth-order valence-corrected chi connectivity index (χ4v) is 18.1. The van der Waals surface area contributed by atoms with Gasteiger partial charge in [-0.25, -0.2) is 9.59 Å². The first-order valence-electron chi connectivity index (χ1n) is 44.3. The van der Waals surface area contributed by atoms with E-state index in [0.717, 1.165) is 13.8 Å². The maximum Gasteiger partial charge on any atom is 0.364 e. The van der Waals surface area contributed by atoms with Crippen molar-refractivity contribution in [1.29, 1.82) is 0 Å². The first-order chi connectivity index (χ1) is 65.6. The topological polar surface area (TPSA) is 784 Å². The molecule has 8 aliphatic rings. The number of nitrogens with one attached hydrogen (secondary N) is 4. The third-order valence-corrected chi connectivity index (χ3v) is 25.5. The van der Waals surface area contributed by atoms with Crippen molar-refractivity contribution in [3.8, 4) is 0 Å². The zero-order valence-corrected chi connectivity index (χ0v) is 74.3. The standard InChI is InChI=1S/C88H118N4O46/c1-33-57(105)63(111)65(113)81(125-33)133-73-55(91-77(117)43-18-16-39-12-5-7-14-41(39)21-43)79(129-51(29-97)69(73)131-83-67(115)75(61(109)49(27-95)127-83)137-87(85(119)120)23-45(101)53(89-35(3)99)71(135-87)59(107)47(103)25-93)123-31-37-10-9-11-38(20-37)32-124-80-56(92-78(118)44-19-17-40-13-6-8-15-42(40)22-44)74(134-82-66(114)64(112)58(106)34(2)126-82)70(52(30-98)130-80)132-84-68(116)76(62(110)50(28-96)128-84)138-88(86(121)122)24-46(102)54(90-36(4)100)72(136-88)60(108)48(104)26-94/h5-22,33-34,45-76,79-84,93-98,101-116H,23-32H2,1-4H3,(H,89,99)(H,90,100)(H,91,117)(H,92,118)(H,119,120)(H,121,122)/t33-,34+,45+,46-,47-,48-,49-,50+,51-,52+,53+,54-,55-,56+,57+,58-,59-,60-,61-,62+,63-,64+,65-,66+,67-,68+,69+,70-,71+,72-,73+,74-,75-,76+,79+,80-,81-,82+,83-,84+,87-,88+/m1/s1. The van der Waals surface area contributed by atoms with E-state index in [-0.39, 0.29) is 22.3 Å². The highest BCUT2D eigenvalue weighted by molar-refractivity contribution is 6.00. The van der Waals surface area contributed by atoms with Crippen LogP contribution in [0.1, 0.15) is 72.4 Å². The summed E-state index contributed by atoms with van der Waals surface area (Å²) < 4.78 is 99.7. The highest BCUT2D eigenvalue weighted by atomic mass is 16.8. The van der Waals surface area contributed by atoms with E-state index in [1.807, 2.05) is 0 Å². The quantitative estimate of drug-likeness (QED) is 0.0177. The number of aliphatic hydroxyl groups is 22. The summed E-state index contributed by atoms with van der Waals surface area (Å²) in [5.74, 6) is -14.5. The number of benzene rings is 5. The lowest BCUT2D eigenvalue weighted by molar-refractivity contribution is -0.391. The molecule has 28 N–H and O–H groups in total. The van der Waals surface area contributed by atoms with Crippen LogP contribution in [0.3, 0.4) is 0 Å². The summed E-state index contributed by atoms with van der Waals surface area (Å²) >= 11 is 0. The van der Waals surface area contributed by atoms with Crippen LogP contribution in [0.4, 0.5) is 0 Å². The molecule has 766 valence electrons. The minimum Gasteiger partial charge on any atom is -0.477 e. The van der Waals surface area contributed by atoms with Crippen molar-refractivity contribution < 1.29 is 227 Å². The summed E-state index contributed by atoms with van der Waals surface area (Å²) in [6.45, 7) is -3.83. The lowest BCUT2D eigenvalue weighted by Gasteiger charge is -2.51. The van der Waals surface area contributed by atoms with Gasteiger partial charge in [0.15, 0.2) is 37.7 Å². The summed E-state index contributed by atoms with van der Waals surface area (Å²) in [4.78, 5) is 82.4. The summed E-state index contributed by atoms with van der Waals surface area (Å²) in [7, 11) is 0. The first-order valence-corrected chi connectivity index (χ1v) is 44.3. The van der Waals surface area contributed by atoms with Gasteiger partial charge in [-0.05, 0) is 70.8 Å². The fraction of sp³-hybridized carbons (Fsp3) is 0.636. The molecule has 0 spiro atoms. The number of hydrogen-bond donors (Lipinski definition) is 28. The SMILES string of the molecule is CC(=O)N[C@@H]1[C@@H]([C@H](O)[C@H](O)CO)O[C@](O[C@H]2[C@@H](O)[C@@H](O[C@@H]3[C@@H](O[C@H]4O[C@H](C)[C@H](O)[C@@H](O)[C@H]4O)[C@@H](NC(=O)c4ccc5ccccc5c4)[C@@H](OCc4cccc(CO[C@@H]5O[C@@H](CO)[C@@H](O[C@@H]6O[C@@H](CO)[C@H](O)[C@H](O[C@]7(C(=O)O)C[C@@H](O)[C@@H](NC(C)=O)[C@H]([C@H](O)[C@H](O)CO)O7)[C@@H]6O)[C@H](O[C@@H]6O[C@@H](C)[C@@H](O)[C@H](O)[C@@H]6O)[C@@H]5NC(=O)c5ccc6ccccc6c5)c4)O[C@@H]3CO)O[C@H](CO)[C@H]2O)(C(=O)O)C[C@@H]1O. The number of aliphatic hydroxyl groups excluding tert-OH is 22. The number of rotatable bonds is 36. The lowest BCUT2D eigenvalue weighted by atomic mass is 9.88. The molecule has 0 aliphatic carbocycles. The van der Waals surface area contributed by atoms with E-state index in [1.54, 1.807) is 60.7 Å². The van der Waals surface area contributed by atoms with Crippen molar-refractivity contribution >= 4 is 57.1 Å². The average Bonchev–Trinajstić information content (AvgIpc) is 0.749. The van der Waals surface area contributed by atoms with Gasteiger partial charge in [-0.2, -0.15) is 0 Å². The smallest absolute Gasteiger partial charge is 0.364 e. The molecule has 0 aromatic heterocycles. The highest BCUT2D eigenvalue weighted by Crippen LogP contribution is 2.44. The van der Waals surface area contributed by atoms with Gasteiger partial charge in [0.2, 0.25) is 11.8 Å². The van der Waals surface area contributed by atoms with Gasteiger partial charge in [0.25, 0.3) is 23.4 Å². The number of ether oxygens (including phenoxy) is 16. The lowest BCUT2D eigenvalue weighted by Crippen LogP contribution is -2.71. The Kier molecular flexibility index (Phi) is 35.8. The predicted octanol–water partition coefficient (Wildman–Crippen LogP) is -10.8. The first kappa shape index (κ1) is 107. The molecule has 0 bridgehead atoms. The second kappa shape index (κ2) is 46.1. The molecule has 8 fully saturated rings. The van der Waals surface area contributed by atoms with E-state index in [1.165, 1.54) is 62.4 Å². The number of carboxylic acid groups (broad SMARTS) is 2. The summed E-state index contributed by atoms with van der Waals surface area (Å²) in [6.07, 6.45) is -77.9. The molecule has 138 heavy (non-hydrogen) atoms. The van der Waals surface area contributed by atoms with Crippen LogP contribution in [-0.4, -0.2) is 454 Å². The van der Waals surface area contributed by atoms with Crippen LogP contribution in [0.25, 0.3) is 21.5 Å². The molecule has 13 rings (SSSR count). The minimum atomic E-state index is -3.31. The molecule has 50 nitrogen and oxygen atoms in total. The van der Waals surface area contributed by atoms with Crippen LogP contribution in [0.15, 0.2) is 109 Å². The molecular formula is C88H118N4O46. The number of fused-ring (bicyclic) bond motifs is 2. The summed E-state index contributed by atoms with van der Waals surface area (Å²) in [5.41, 5.74) is 0.282. The van der Waals surface area contributed by atoms with Gasteiger partial charge in [-0.3, -0.25) is 19.2 Å². The Morgan fingerprint density at radius 1 is 0.370 bits per heavy atom. The number of carbonyl (C=O) groups is 6. The Balaban J connectivity index is 0.836. The normalized spacial score (nSPS) is 39.4. The summed E-state index contributed by atoms with van der Waals surface area (Å²) in [5, 5.41) is 283. The molecule has 5 aromatic carbocycles. The van der Waals surface area contributed by atoms with Crippen LogP contribution >= 0.6 is 0 Å². The molecular weight excluding hydrogens is 1850 g/mol. The number of carbonyl (C=O) groups excluding carboxylic acids is 4. The summed E-state index contributed by atoms with van der Waals surface area (Å²) in [6, 6.07) is 21.4. The minimum absolute atomic E-state index is 0.0487. The van der Waals surface area contributed by atoms with Gasteiger partial charge in [0.05, 0.1) is 89.4 Å². The Hall–Kier alpha value is -8.08. The van der Waals surface area contributed by atoms with E-state index >= 15 is 9.59 Å². The van der Waals surface area contributed by atoms with E-state index in [2.05, 4.69) is 21.3 Å². The van der Waals surface area contributed by atoms with Crippen molar-refractivity contribution in [3.63, 3.8) is 0 Å². The molecule has 0 unspecified atom stereocenters. The van der Waals surface area contributed by atoms with Gasteiger partial charge in [0, 0.05) is 37.8 Å². The largest absolute Gasteiger partial charge is 0.477 e. The number of amides is 4. The number of carboxylic acids is 2. The molecule has 0 saturated carbocycles. The van der Waals surface area contributed by atoms with E-state index < -0.39 is 358 Å². The number of aliphatic carboxylic acids is 2. The molecule has 42 atom stereocenters. The third kappa shape index (κ3) is 23.2. The fourth-order valence-electron chi connectivity index (χ4n) is 18.1. The van der Waals surface area contributed by atoms with Crippen molar-refractivity contribution in [2.24, 2.45) is 0 Å². The molecule has 4 amide bonds.